The Morgan fingerprint density at radius 3 is 2.60 bits per heavy atom. The average molecular weight is 506 g/mol. The molecule has 1 N–H and O–H groups in total. The number of furan rings is 1. The summed E-state index contributed by atoms with van der Waals surface area (Å²) >= 11 is 1.04. The van der Waals surface area contributed by atoms with Gasteiger partial charge in [0.25, 0.3) is 5.91 Å². The van der Waals surface area contributed by atoms with Gasteiger partial charge in [0, 0.05) is 38.1 Å². The lowest BCUT2D eigenvalue weighted by Gasteiger charge is -2.32. The van der Waals surface area contributed by atoms with Crippen molar-refractivity contribution in [1.82, 2.24) is 20.3 Å². The molecule has 1 saturated carbocycles. The minimum absolute atomic E-state index is 0.0116. The quantitative estimate of drug-likeness (QED) is 0.321. The fourth-order valence-corrected chi connectivity index (χ4v) is 4.69. The standard InChI is InChI=1S/C24H26F3N5O2S/c1-32(17-5-3-2-4-6-17)21-13-20(24(25,26)27)30-23(31-21)35-15-18-7-8-19(34-18)22(33)29-14-16-9-11-28-12-10-16/h7-13,17H,2-6,14-15H2,1H3,(H,29,33). The first-order chi connectivity index (χ1) is 16.8. The number of anilines is 1. The lowest BCUT2D eigenvalue weighted by molar-refractivity contribution is -0.141. The Morgan fingerprint density at radius 1 is 1.14 bits per heavy atom. The van der Waals surface area contributed by atoms with E-state index in [-0.39, 0.29) is 34.4 Å². The Labute approximate surface area is 205 Å². The molecule has 0 bridgehead atoms. The van der Waals surface area contributed by atoms with Gasteiger partial charge in [0.15, 0.2) is 16.6 Å². The molecule has 4 rings (SSSR count). The maximum absolute atomic E-state index is 13.5. The van der Waals surface area contributed by atoms with Gasteiger partial charge in [-0.15, -0.1) is 0 Å². The van der Waals surface area contributed by atoms with Crippen molar-refractivity contribution in [2.24, 2.45) is 0 Å². The molecule has 0 atom stereocenters. The minimum atomic E-state index is -4.58. The van der Waals surface area contributed by atoms with Crippen LogP contribution in [0.3, 0.4) is 0 Å². The lowest BCUT2D eigenvalue weighted by Crippen LogP contribution is -2.34. The van der Waals surface area contributed by atoms with Crippen LogP contribution in [0.4, 0.5) is 19.0 Å². The van der Waals surface area contributed by atoms with E-state index in [9.17, 15) is 18.0 Å². The molecule has 1 aliphatic rings. The third-order valence-corrected chi connectivity index (χ3v) is 6.77. The van der Waals surface area contributed by atoms with Crippen LogP contribution in [0.25, 0.3) is 0 Å². The van der Waals surface area contributed by atoms with Crippen LogP contribution >= 0.6 is 11.8 Å². The summed E-state index contributed by atoms with van der Waals surface area (Å²) in [6.07, 6.45) is 3.83. The number of nitrogens with zero attached hydrogens (tertiary/aromatic N) is 4. The van der Waals surface area contributed by atoms with Crippen molar-refractivity contribution in [3.05, 3.63) is 65.5 Å². The first-order valence-corrected chi connectivity index (χ1v) is 12.4. The zero-order valence-corrected chi connectivity index (χ0v) is 20.0. The van der Waals surface area contributed by atoms with Crippen LogP contribution in [0.5, 0.6) is 0 Å². The van der Waals surface area contributed by atoms with E-state index in [1.165, 1.54) is 6.07 Å². The van der Waals surface area contributed by atoms with Crippen LogP contribution in [-0.2, 0) is 18.5 Å². The fourth-order valence-electron chi connectivity index (χ4n) is 3.94. The van der Waals surface area contributed by atoms with Crippen LogP contribution in [0, 0.1) is 0 Å². The summed E-state index contributed by atoms with van der Waals surface area (Å²) in [6.45, 7) is 0.321. The highest BCUT2D eigenvalue weighted by molar-refractivity contribution is 7.98. The number of carbonyl (C=O) groups is 1. The summed E-state index contributed by atoms with van der Waals surface area (Å²) in [5, 5.41) is 2.77. The van der Waals surface area contributed by atoms with E-state index in [0.29, 0.717) is 12.3 Å². The second kappa shape index (κ2) is 11.1. The SMILES string of the molecule is CN(c1cc(C(F)(F)F)nc(SCc2ccc(C(=O)NCc3ccncc3)o2)n1)C1CCCCC1. The molecule has 7 nitrogen and oxygen atoms in total. The minimum Gasteiger partial charge on any atom is -0.455 e. The van der Waals surface area contributed by atoms with Crippen molar-refractivity contribution >= 4 is 23.5 Å². The number of pyridine rings is 1. The molecule has 3 aromatic heterocycles. The Morgan fingerprint density at radius 2 is 1.89 bits per heavy atom. The highest BCUT2D eigenvalue weighted by atomic mass is 32.2. The predicted molar refractivity (Wildman–Crippen MR) is 126 cm³/mol. The Hall–Kier alpha value is -3.08. The highest BCUT2D eigenvalue weighted by Gasteiger charge is 2.34. The van der Waals surface area contributed by atoms with Crippen LogP contribution in [0.1, 0.15) is 59.7 Å². The molecule has 0 unspecified atom stereocenters. The normalized spacial score (nSPS) is 14.6. The van der Waals surface area contributed by atoms with Crippen molar-refractivity contribution in [3.8, 4) is 0 Å². The third kappa shape index (κ3) is 6.74. The van der Waals surface area contributed by atoms with E-state index in [1.54, 1.807) is 37.6 Å². The van der Waals surface area contributed by atoms with E-state index in [0.717, 1.165) is 55.5 Å². The predicted octanol–water partition coefficient (Wildman–Crippen LogP) is 5.47. The van der Waals surface area contributed by atoms with Gasteiger partial charge in [0.2, 0.25) is 0 Å². The number of alkyl halides is 3. The van der Waals surface area contributed by atoms with E-state index in [2.05, 4.69) is 20.3 Å². The number of amides is 1. The molecule has 11 heteroatoms. The topological polar surface area (TPSA) is 84.2 Å². The number of halogens is 3. The van der Waals surface area contributed by atoms with Crippen LogP contribution in [0.2, 0.25) is 0 Å². The largest absolute Gasteiger partial charge is 0.455 e. The molecule has 3 aromatic rings. The van der Waals surface area contributed by atoms with Gasteiger partial charge in [0.1, 0.15) is 11.6 Å². The molecule has 0 radical (unpaired) electrons. The Balaban J connectivity index is 1.42. The number of hydrogen-bond acceptors (Lipinski definition) is 7. The van der Waals surface area contributed by atoms with Crippen LogP contribution in [0.15, 0.2) is 52.3 Å². The van der Waals surface area contributed by atoms with Gasteiger partial charge in [0.05, 0.1) is 5.75 Å². The Kier molecular flexibility index (Phi) is 7.94. The van der Waals surface area contributed by atoms with E-state index < -0.39 is 11.9 Å². The number of rotatable bonds is 8. The summed E-state index contributed by atoms with van der Waals surface area (Å²) in [5.41, 5.74) is -0.0744. The highest BCUT2D eigenvalue weighted by Crippen LogP contribution is 2.34. The van der Waals surface area contributed by atoms with E-state index >= 15 is 0 Å². The van der Waals surface area contributed by atoms with Gasteiger partial charge in [-0.05, 0) is 42.7 Å². The van der Waals surface area contributed by atoms with Crippen molar-refractivity contribution in [2.45, 2.75) is 61.8 Å². The first-order valence-electron chi connectivity index (χ1n) is 11.4. The third-order valence-electron chi connectivity index (χ3n) is 5.90. The number of aromatic nitrogens is 3. The van der Waals surface area contributed by atoms with Crippen LogP contribution in [-0.4, -0.2) is 33.9 Å². The molecular weight excluding hydrogens is 479 g/mol. The summed E-state index contributed by atoms with van der Waals surface area (Å²) < 4.78 is 46.2. The number of hydrogen-bond donors (Lipinski definition) is 1. The summed E-state index contributed by atoms with van der Waals surface area (Å²) in [5.74, 6) is 0.623. The van der Waals surface area contributed by atoms with Crippen molar-refractivity contribution in [3.63, 3.8) is 0 Å². The molecule has 1 aliphatic carbocycles. The molecular formula is C24H26F3N5O2S. The first kappa shape index (κ1) is 25.0. The van der Waals surface area contributed by atoms with Crippen molar-refractivity contribution in [2.75, 3.05) is 11.9 Å². The summed E-state index contributed by atoms with van der Waals surface area (Å²) in [7, 11) is 1.79. The molecule has 0 aromatic carbocycles. The molecule has 35 heavy (non-hydrogen) atoms. The molecule has 186 valence electrons. The maximum atomic E-state index is 13.5. The molecule has 1 amide bonds. The molecule has 0 spiro atoms. The zero-order chi connectivity index (χ0) is 24.8. The van der Waals surface area contributed by atoms with Gasteiger partial charge in [-0.1, -0.05) is 31.0 Å². The molecule has 0 saturated heterocycles. The number of thioether (sulfide) groups is 1. The van der Waals surface area contributed by atoms with Gasteiger partial charge in [-0.25, -0.2) is 9.97 Å². The molecule has 3 heterocycles. The Bertz CT molecular complexity index is 1130. The van der Waals surface area contributed by atoms with Gasteiger partial charge >= 0.3 is 6.18 Å². The van der Waals surface area contributed by atoms with E-state index in [1.807, 2.05) is 4.90 Å². The van der Waals surface area contributed by atoms with Gasteiger partial charge in [-0.2, -0.15) is 13.2 Å². The zero-order valence-electron chi connectivity index (χ0n) is 19.2. The van der Waals surface area contributed by atoms with Crippen molar-refractivity contribution in [1.29, 1.82) is 0 Å². The second-order valence-electron chi connectivity index (χ2n) is 8.39. The fraction of sp³-hybridized carbons (Fsp3) is 0.417. The maximum Gasteiger partial charge on any atom is 0.433 e. The van der Waals surface area contributed by atoms with Gasteiger partial charge in [-0.3, -0.25) is 9.78 Å². The van der Waals surface area contributed by atoms with Crippen LogP contribution < -0.4 is 10.2 Å². The summed E-state index contributed by atoms with van der Waals surface area (Å²) in [6, 6.07) is 7.91. The monoisotopic (exact) mass is 505 g/mol. The molecule has 0 aliphatic heterocycles. The number of nitrogens with one attached hydrogen (secondary N) is 1. The lowest BCUT2D eigenvalue weighted by atomic mass is 9.94. The average Bonchev–Trinajstić information content (AvgIpc) is 3.35. The summed E-state index contributed by atoms with van der Waals surface area (Å²) in [4.78, 5) is 26.2. The van der Waals surface area contributed by atoms with Gasteiger partial charge < -0.3 is 14.6 Å². The second-order valence-corrected chi connectivity index (χ2v) is 9.33. The van der Waals surface area contributed by atoms with Crippen molar-refractivity contribution < 1.29 is 22.4 Å². The van der Waals surface area contributed by atoms with E-state index in [4.69, 9.17) is 4.42 Å². The number of carbonyl (C=O) groups excluding carboxylic acids is 1. The molecule has 1 fully saturated rings. The smallest absolute Gasteiger partial charge is 0.433 e.